The Morgan fingerprint density at radius 1 is 1.04 bits per heavy atom. The average Bonchev–Trinajstić information content (AvgIpc) is 2.62. The van der Waals surface area contributed by atoms with Crippen molar-refractivity contribution in [3.05, 3.63) is 71.3 Å². The quantitative estimate of drug-likeness (QED) is 0.938. The number of ether oxygens (including phenoxy) is 1. The van der Waals surface area contributed by atoms with Crippen molar-refractivity contribution in [2.45, 2.75) is 12.5 Å². The van der Waals surface area contributed by atoms with Gasteiger partial charge in [-0.2, -0.15) is 0 Å². The molecule has 3 rings (SSSR count). The van der Waals surface area contributed by atoms with Gasteiger partial charge >= 0.3 is 5.97 Å². The van der Waals surface area contributed by atoms with Crippen LogP contribution in [0.1, 0.15) is 26.3 Å². The molecule has 1 unspecified atom stereocenters. The molecule has 1 amide bonds. The van der Waals surface area contributed by atoms with E-state index in [4.69, 9.17) is 9.84 Å². The molecule has 0 radical (unpaired) electrons. The van der Waals surface area contributed by atoms with Crippen LogP contribution in [0.25, 0.3) is 0 Å². The number of rotatable bonds is 4. The lowest BCUT2D eigenvalue weighted by molar-refractivity contribution is -0.00164. The van der Waals surface area contributed by atoms with Crippen molar-refractivity contribution in [2.24, 2.45) is 0 Å². The lowest BCUT2D eigenvalue weighted by Crippen LogP contribution is -2.49. The fourth-order valence-corrected chi connectivity index (χ4v) is 2.90. The van der Waals surface area contributed by atoms with Gasteiger partial charge in [-0.05, 0) is 36.2 Å². The molecule has 0 spiro atoms. The summed E-state index contributed by atoms with van der Waals surface area (Å²) in [6.45, 7) is 1.56. The SMILES string of the molecule is O=C(O)c1ccc(C(=O)N2CCOCC2Cc2ccccc2)cc1. The van der Waals surface area contributed by atoms with Crippen molar-refractivity contribution in [2.75, 3.05) is 19.8 Å². The smallest absolute Gasteiger partial charge is 0.335 e. The summed E-state index contributed by atoms with van der Waals surface area (Å²) in [4.78, 5) is 25.6. The number of nitrogens with zero attached hydrogens (tertiary/aromatic N) is 1. The van der Waals surface area contributed by atoms with Crippen molar-refractivity contribution >= 4 is 11.9 Å². The van der Waals surface area contributed by atoms with Gasteiger partial charge in [-0.15, -0.1) is 0 Å². The molecular formula is C19H19NO4. The highest BCUT2D eigenvalue weighted by atomic mass is 16.5. The summed E-state index contributed by atoms with van der Waals surface area (Å²) in [5.74, 6) is -1.08. The maximum Gasteiger partial charge on any atom is 0.335 e. The summed E-state index contributed by atoms with van der Waals surface area (Å²) >= 11 is 0. The van der Waals surface area contributed by atoms with Gasteiger partial charge in [0.05, 0.1) is 24.8 Å². The molecule has 1 atom stereocenters. The van der Waals surface area contributed by atoms with Crippen LogP contribution in [0.3, 0.4) is 0 Å². The molecule has 2 aromatic carbocycles. The molecule has 0 aliphatic carbocycles. The topological polar surface area (TPSA) is 66.8 Å². The Bertz CT molecular complexity index is 712. The van der Waals surface area contributed by atoms with Crippen molar-refractivity contribution < 1.29 is 19.4 Å². The Labute approximate surface area is 140 Å². The summed E-state index contributed by atoms with van der Waals surface area (Å²) in [5, 5.41) is 8.96. The first kappa shape index (κ1) is 16.2. The normalized spacial score (nSPS) is 17.5. The van der Waals surface area contributed by atoms with E-state index >= 15 is 0 Å². The van der Waals surface area contributed by atoms with Crippen LogP contribution in [0, 0.1) is 0 Å². The Hall–Kier alpha value is -2.66. The first-order valence-electron chi connectivity index (χ1n) is 7.91. The number of carboxylic acid groups (broad SMARTS) is 1. The molecule has 1 heterocycles. The van der Waals surface area contributed by atoms with E-state index in [1.807, 2.05) is 35.2 Å². The zero-order chi connectivity index (χ0) is 16.9. The third-order valence-corrected chi connectivity index (χ3v) is 4.18. The van der Waals surface area contributed by atoms with Crippen LogP contribution in [-0.4, -0.2) is 47.7 Å². The van der Waals surface area contributed by atoms with E-state index < -0.39 is 5.97 Å². The third-order valence-electron chi connectivity index (χ3n) is 4.18. The van der Waals surface area contributed by atoms with Gasteiger partial charge in [-0.3, -0.25) is 4.79 Å². The zero-order valence-electron chi connectivity index (χ0n) is 13.2. The molecule has 0 bridgehead atoms. The number of hydrogen-bond acceptors (Lipinski definition) is 3. The van der Waals surface area contributed by atoms with Crippen molar-refractivity contribution in [1.29, 1.82) is 0 Å². The number of morpholine rings is 1. The number of carbonyl (C=O) groups is 2. The first-order chi connectivity index (χ1) is 11.6. The molecule has 24 heavy (non-hydrogen) atoms. The molecule has 0 aromatic heterocycles. The van der Waals surface area contributed by atoms with Crippen LogP contribution >= 0.6 is 0 Å². The Kier molecular flexibility index (Phi) is 4.91. The van der Waals surface area contributed by atoms with Crippen LogP contribution in [0.15, 0.2) is 54.6 Å². The van der Waals surface area contributed by atoms with Gasteiger partial charge in [0.25, 0.3) is 5.91 Å². The van der Waals surface area contributed by atoms with E-state index in [0.29, 0.717) is 25.3 Å². The van der Waals surface area contributed by atoms with E-state index in [0.717, 1.165) is 12.0 Å². The number of amides is 1. The van der Waals surface area contributed by atoms with Crippen molar-refractivity contribution in [1.82, 2.24) is 4.90 Å². The number of aromatic carboxylic acids is 1. The predicted octanol–water partition coefficient (Wildman–Crippen LogP) is 2.47. The van der Waals surface area contributed by atoms with E-state index in [2.05, 4.69) is 0 Å². The highest BCUT2D eigenvalue weighted by Crippen LogP contribution is 2.17. The van der Waals surface area contributed by atoms with Gasteiger partial charge in [0.1, 0.15) is 0 Å². The zero-order valence-corrected chi connectivity index (χ0v) is 13.2. The minimum atomic E-state index is -0.998. The Morgan fingerprint density at radius 2 is 1.71 bits per heavy atom. The lowest BCUT2D eigenvalue weighted by Gasteiger charge is -2.36. The highest BCUT2D eigenvalue weighted by Gasteiger charge is 2.28. The summed E-state index contributed by atoms with van der Waals surface area (Å²) in [7, 11) is 0. The molecule has 1 N–H and O–H groups in total. The van der Waals surface area contributed by atoms with E-state index in [-0.39, 0.29) is 17.5 Å². The van der Waals surface area contributed by atoms with E-state index in [1.165, 1.54) is 12.1 Å². The molecule has 5 heteroatoms. The fraction of sp³-hybridized carbons (Fsp3) is 0.263. The van der Waals surface area contributed by atoms with Gasteiger partial charge in [0, 0.05) is 12.1 Å². The molecule has 2 aromatic rings. The summed E-state index contributed by atoms with van der Waals surface area (Å²) in [6.07, 6.45) is 0.736. The minimum Gasteiger partial charge on any atom is -0.478 e. The van der Waals surface area contributed by atoms with Gasteiger partial charge < -0.3 is 14.7 Å². The second kappa shape index (κ2) is 7.27. The van der Waals surface area contributed by atoms with Gasteiger partial charge in [-0.25, -0.2) is 4.79 Å². The second-order valence-corrected chi connectivity index (χ2v) is 5.80. The van der Waals surface area contributed by atoms with Crippen LogP contribution < -0.4 is 0 Å². The maximum absolute atomic E-state index is 12.8. The van der Waals surface area contributed by atoms with Crippen molar-refractivity contribution in [3.63, 3.8) is 0 Å². The average molecular weight is 325 g/mol. The molecule has 5 nitrogen and oxygen atoms in total. The molecular weight excluding hydrogens is 306 g/mol. The third kappa shape index (κ3) is 3.63. The molecule has 0 saturated carbocycles. The summed E-state index contributed by atoms with van der Waals surface area (Å²) in [6, 6.07) is 16.1. The molecule has 1 aliphatic heterocycles. The fourth-order valence-electron chi connectivity index (χ4n) is 2.90. The largest absolute Gasteiger partial charge is 0.478 e. The number of carbonyl (C=O) groups excluding carboxylic acids is 1. The second-order valence-electron chi connectivity index (χ2n) is 5.80. The highest BCUT2D eigenvalue weighted by molar-refractivity contribution is 5.96. The van der Waals surface area contributed by atoms with Gasteiger partial charge in [0.2, 0.25) is 0 Å². The summed E-state index contributed by atoms with van der Waals surface area (Å²) in [5.41, 5.74) is 1.83. The molecule has 1 aliphatic rings. The molecule has 1 fully saturated rings. The standard InChI is InChI=1S/C19H19NO4/c21-18(15-6-8-16(9-7-15)19(22)23)20-10-11-24-13-17(20)12-14-4-2-1-3-5-14/h1-9,17H,10-13H2,(H,22,23). The van der Waals surface area contributed by atoms with Crippen LogP contribution in [0.2, 0.25) is 0 Å². The molecule has 1 saturated heterocycles. The van der Waals surface area contributed by atoms with E-state index in [1.54, 1.807) is 12.1 Å². The molecule has 124 valence electrons. The monoisotopic (exact) mass is 325 g/mol. The number of carboxylic acids is 1. The number of benzene rings is 2. The predicted molar refractivity (Wildman–Crippen MR) is 89.2 cm³/mol. The van der Waals surface area contributed by atoms with E-state index in [9.17, 15) is 9.59 Å². The number of hydrogen-bond donors (Lipinski definition) is 1. The maximum atomic E-state index is 12.8. The van der Waals surface area contributed by atoms with Crippen LogP contribution in [-0.2, 0) is 11.2 Å². The Morgan fingerprint density at radius 3 is 2.38 bits per heavy atom. The van der Waals surface area contributed by atoms with Crippen molar-refractivity contribution in [3.8, 4) is 0 Å². The van der Waals surface area contributed by atoms with Gasteiger partial charge in [-0.1, -0.05) is 30.3 Å². The summed E-state index contributed by atoms with van der Waals surface area (Å²) < 4.78 is 5.55. The minimum absolute atomic E-state index is 0.0206. The van der Waals surface area contributed by atoms with Crippen LogP contribution in [0.5, 0.6) is 0 Å². The Balaban J connectivity index is 1.76. The lowest BCUT2D eigenvalue weighted by atomic mass is 10.0. The first-order valence-corrected chi connectivity index (χ1v) is 7.91. The van der Waals surface area contributed by atoms with Crippen LogP contribution in [0.4, 0.5) is 0 Å². The van der Waals surface area contributed by atoms with Gasteiger partial charge in [0.15, 0.2) is 0 Å².